The van der Waals surface area contributed by atoms with E-state index in [2.05, 4.69) is 10.2 Å². The lowest BCUT2D eigenvalue weighted by molar-refractivity contribution is 0.174. The van der Waals surface area contributed by atoms with Crippen LogP contribution in [0.3, 0.4) is 0 Å². The quantitative estimate of drug-likeness (QED) is 0.547. The van der Waals surface area contributed by atoms with Gasteiger partial charge in [0.05, 0.1) is 4.53 Å². The van der Waals surface area contributed by atoms with Gasteiger partial charge in [-0.05, 0) is 30.7 Å². The Labute approximate surface area is 151 Å². The highest BCUT2D eigenvalue weighted by molar-refractivity contribution is 7.15. The minimum Gasteiger partial charge on any atom is -0.454 e. The minimum atomic E-state index is -0.122. The predicted octanol–water partition coefficient (Wildman–Crippen LogP) is 2.40. The number of rotatable bonds is 2. The van der Waals surface area contributed by atoms with Gasteiger partial charge in [0.2, 0.25) is 11.8 Å². The van der Waals surface area contributed by atoms with Crippen molar-refractivity contribution in [2.75, 3.05) is 6.79 Å². The molecular weight excluding hydrogens is 350 g/mol. The van der Waals surface area contributed by atoms with Crippen LogP contribution in [0, 0.1) is 6.92 Å². The fourth-order valence-corrected chi connectivity index (χ4v) is 3.82. The third-order valence-corrected chi connectivity index (χ3v) is 5.21. The second kappa shape index (κ2) is 5.67. The Bertz CT molecular complexity index is 1240. The van der Waals surface area contributed by atoms with E-state index in [0.29, 0.717) is 21.1 Å². The SMILES string of the molecule is Cc1ccc(-c2nnc3s/c(=C/c4ccc5c(c4)OCO5)c(=O)n23)cc1. The smallest absolute Gasteiger partial charge is 0.276 e. The van der Waals surface area contributed by atoms with Gasteiger partial charge in [0, 0.05) is 5.56 Å². The van der Waals surface area contributed by atoms with Gasteiger partial charge in [-0.2, -0.15) is 0 Å². The molecule has 0 bridgehead atoms. The van der Waals surface area contributed by atoms with Crippen LogP contribution in [0.2, 0.25) is 0 Å². The van der Waals surface area contributed by atoms with Gasteiger partial charge in [0.15, 0.2) is 17.3 Å². The average molecular weight is 363 g/mol. The molecule has 0 spiro atoms. The molecule has 3 heterocycles. The zero-order valence-electron chi connectivity index (χ0n) is 13.8. The molecule has 0 aliphatic carbocycles. The Morgan fingerprint density at radius 2 is 1.88 bits per heavy atom. The lowest BCUT2D eigenvalue weighted by atomic mass is 10.1. The molecule has 1 aliphatic heterocycles. The van der Waals surface area contributed by atoms with Gasteiger partial charge in [0.1, 0.15) is 0 Å². The van der Waals surface area contributed by atoms with Crippen LogP contribution in [0.4, 0.5) is 0 Å². The molecule has 0 fully saturated rings. The molecule has 0 atom stereocenters. The van der Waals surface area contributed by atoms with Crippen molar-refractivity contribution in [1.29, 1.82) is 0 Å². The Hall–Kier alpha value is -3.19. The molecule has 0 saturated carbocycles. The fourth-order valence-electron chi connectivity index (χ4n) is 2.91. The highest BCUT2D eigenvalue weighted by atomic mass is 32.1. The van der Waals surface area contributed by atoms with Gasteiger partial charge < -0.3 is 9.47 Å². The van der Waals surface area contributed by atoms with Crippen molar-refractivity contribution < 1.29 is 9.47 Å². The Kier molecular flexibility index (Phi) is 3.29. The highest BCUT2D eigenvalue weighted by Gasteiger charge is 2.15. The Morgan fingerprint density at radius 3 is 2.73 bits per heavy atom. The summed E-state index contributed by atoms with van der Waals surface area (Å²) in [5.41, 5.74) is 2.77. The summed E-state index contributed by atoms with van der Waals surface area (Å²) in [6.45, 7) is 2.25. The summed E-state index contributed by atoms with van der Waals surface area (Å²) in [5.74, 6) is 1.97. The monoisotopic (exact) mass is 363 g/mol. The summed E-state index contributed by atoms with van der Waals surface area (Å²) < 4.78 is 12.9. The van der Waals surface area contributed by atoms with Crippen LogP contribution in [0.25, 0.3) is 22.4 Å². The van der Waals surface area contributed by atoms with E-state index in [-0.39, 0.29) is 12.4 Å². The number of aromatic nitrogens is 3. The molecule has 26 heavy (non-hydrogen) atoms. The first kappa shape index (κ1) is 15.1. The maximum Gasteiger partial charge on any atom is 0.276 e. The summed E-state index contributed by atoms with van der Waals surface area (Å²) in [4.78, 5) is 13.5. The molecular formula is C19H13N3O3S. The van der Waals surface area contributed by atoms with Crippen molar-refractivity contribution in [2.24, 2.45) is 0 Å². The number of hydrogen-bond acceptors (Lipinski definition) is 6. The van der Waals surface area contributed by atoms with E-state index in [0.717, 1.165) is 22.4 Å². The van der Waals surface area contributed by atoms with Crippen molar-refractivity contribution in [2.45, 2.75) is 6.92 Å². The van der Waals surface area contributed by atoms with Gasteiger partial charge in [-0.15, -0.1) is 10.2 Å². The number of ether oxygens (including phenoxy) is 2. The second-order valence-corrected chi connectivity index (χ2v) is 7.05. The third-order valence-electron chi connectivity index (χ3n) is 4.25. The summed E-state index contributed by atoms with van der Waals surface area (Å²) in [7, 11) is 0. The first-order valence-electron chi connectivity index (χ1n) is 8.05. The van der Waals surface area contributed by atoms with Crippen LogP contribution in [0.1, 0.15) is 11.1 Å². The number of thiazole rings is 1. The fraction of sp³-hybridized carbons (Fsp3) is 0.105. The summed E-state index contributed by atoms with van der Waals surface area (Å²) in [6.07, 6.45) is 1.84. The molecule has 2 aromatic heterocycles. The molecule has 1 aliphatic rings. The van der Waals surface area contributed by atoms with Crippen molar-refractivity contribution in [1.82, 2.24) is 14.6 Å². The molecule has 128 valence electrons. The second-order valence-electron chi connectivity index (χ2n) is 6.04. The minimum absolute atomic E-state index is 0.122. The van der Waals surface area contributed by atoms with Crippen LogP contribution in [-0.2, 0) is 0 Å². The molecule has 0 unspecified atom stereocenters. The predicted molar refractivity (Wildman–Crippen MR) is 98.7 cm³/mol. The van der Waals surface area contributed by atoms with Crippen LogP contribution in [0.15, 0.2) is 47.3 Å². The summed E-state index contributed by atoms with van der Waals surface area (Å²) >= 11 is 1.32. The average Bonchev–Trinajstić information content (AvgIpc) is 3.33. The first-order valence-corrected chi connectivity index (χ1v) is 8.87. The van der Waals surface area contributed by atoms with E-state index >= 15 is 0 Å². The zero-order valence-corrected chi connectivity index (χ0v) is 14.6. The van der Waals surface area contributed by atoms with E-state index in [9.17, 15) is 4.79 Å². The number of nitrogens with zero attached hydrogens (tertiary/aromatic N) is 3. The van der Waals surface area contributed by atoms with Crippen molar-refractivity contribution in [3.8, 4) is 22.9 Å². The number of hydrogen-bond donors (Lipinski definition) is 0. The van der Waals surface area contributed by atoms with Gasteiger partial charge in [0.25, 0.3) is 5.56 Å². The lowest BCUT2D eigenvalue weighted by Gasteiger charge is -1.97. The number of aryl methyl sites for hydroxylation is 1. The molecule has 7 heteroatoms. The summed E-state index contributed by atoms with van der Waals surface area (Å²) in [5, 5.41) is 8.35. The first-order chi connectivity index (χ1) is 12.7. The van der Waals surface area contributed by atoms with Gasteiger partial charge in [-0.1, -0.05) is 47.2 Å². The molecule has 4 aromatic rings. The van der Waals surface area contributed by atoms with Crippen molar-refractivity contribution in [3.05, 3.63) is 68.5 Å². The van der Waals surface area contributed by atoms with E-state index in [1.54, 1.807) is 4.40 Å². The van der Waals surface area contributed by atoms with E-state index in [4.69, 9.17) is 9.47 Å². The third kappa shape index (κ3) is 2.36. The van der Waals surface area contributed by atoms with Crippen molar-refractivity contribution >= 4 is 22.4 Å². The lowest BCUT2D eigenvalue weighted by Crippen LogP contribution is -2.23. The number of benzene rings is 2. The van der Waals surface area contributed by atoms with Gasteiger partial charge >= 0.3 is 0 Å². The normalized spacial score (nSPS) is 13.7. The van der Waals surface area contributed by atoms with Crippen LogP contribution in [0.5, 0.6) is 11.5 Å². The molecule has 6 nitrogen and oxygen atoms in total. The highest BCUT2D eigenvalue weighted by Crippen LogP contribution is 2.32. The van der Waals surface area contributed by atoms with Crippen LogP contribution in [-0.4, -0.2) is 21.4 Å². The van der Waals surface area contributed by atoms with Gasteiger partial charge in [-0.3, -0.25) is 4.79 Å². The van der Waals surface area contributed by atoms with E-state index in [1.807, 2.05) is 55.5 Å². The van der Waals surface area contributed by atoms with Crippen molar-refractivity contribution in [3.63, 3.8) is 0 Å². The standard InChI is InChI=1S/C19H13N3O3S/c1-11-2-5-13(6-3-11)17-20-21-19-22(17)18(23)16(26-19)9-12-4-7-14-15(8-12)25-10-24-14/h2-9H,10H2,1H3/b16-9+. The Balaban J connectivity index is 1.65. The molecule has 0 saturated heterocycles. The Morgan fingerprint density at radius 1 is 1.08 bits per heavy atom. The van der Waals surface area contributed by atoms with Crippen LogP contribution >= 0.6 is 11.3 Å². The largest absolute Gasteiger partial charge is 0.454 e. The molecule has 0 radical (unpaired) electrons. The van der Waals surface area contributed by atoms with Gasteiger partial charge in [-0.25, -0.2) is 4.40 Å². The maximum atomic E-state index is 12.9. The molecule has 0 N–H and O–H groups in total. The van der Waals surface area contributed by atoms with E-state index in [1.165, 1.54) is 11.3 Å². The zero-order chi connectivity index (χ0) is 17.7. The summed E-state index contributed by atoms with van der Waals surface area (Å²) in [6, 6.07) is 13.5. The van der Waals surface area contributed by atoms with Crippen LogP contribution < -0.4 is 19.6 Å². The molecule has 5 rings (SSSR count). The molecule has 0 amide bonds. The maximum absolute atomic E-state index is 12.9. The van der Waals surface area contributed by atoms with E-state index < -0.39 is 0 Å². The topological polar surface area (TPSA) is 65.7 Å². The number of fused-ring (bicyclic) bond motifs is 2. The molecule has 2 aromatic carbocycles.